The zero-order valence-corrected chi connectivity index (χ0v) is 9.92. The molecule has 2 aromatic carbocycles. The summed E-state index contributed by atoms with van der Waals surface area (Å²) in [6.07, 6.45) is 0. The van der Waals surface area contributed by atoms with Gasteiger partial charge < -0.3 is 4.74 Å². The Bertz CT molecular complexity index is 472. The SMILES string of the molecule is [CH2]c1ccc(Oc2cc(Cl)cc(Cl)c2)cc1. The summed E-state index contributed by atoms with van der Waals surface area (Å²) >= 11 is 11.7. The Morgan fingerprint density at radius 3 is 1.94 bits per heavy atom. The van der Waals surface area contributed by atoms with Gasteiger partial charge in [0.1, 0.15) is 11.5 Å². The van der Waals surface area contributed by atoms with E-state index in [1.54, 1.807) is 18.2 Å². The van der Waals surface area contributed by atoms with Crippen LogP contribution in [0.5, 0.6) is 11.5 Å². The number of halogens is 2. The van der Waals surface area contributed by atoms with Crippen LogP contribution in [0.25, 0.3) is 0 Å². The molecule has 2 aromatic rings. The van der Waals surface area contributed by atoms with Crippen LogP contribution in [-0.2, 0) is 0 Å². The van der Waals surface area contributed by atoms with Crippen molar-refractivity contribution in [2.24, 2.45) is 0 Å². The Morgan fingerprint density at radius 1 is 0.812 bits per heavy atom. The molecule has 0 fully saturated rings. The van der Waals surface area contributed by atoms with Gasteiger partial charge in [0.2, 0.25) is 0 Å². The van der Waals surface area contributed by atoms with Crippen molar-refractivity contribution in [3.05, 3.63) is 65.0 Å². The highest BCUT2D eigenvalue weighted by Crippen LogP contribution is 2.28. The van der Waals surface area contributed by atoms with Crippen molar-refractivity contribution in [1.82, 2.24) is 0 Å². The van der Waals surface area contributed by atoms with E-state index in [1.165, 1.54) is 0 Å². The van der Waals surface area contributed by atoms with Gasteiger partial charge in [-0.3, -0.25) is 0 Å². The maximum Gasteiger partial charge on any atom is 0.130 e. The van der Waals surface area contributed by atoms with E-state index in [-0.39, 0.29) is 0 Å². The number of hydrogen-bond acceptors (Lipinski definition) is 1. The van der Waals surface area contributed by atoms with Crippen LogP contribution in [-0.4, -0.2) is 0 Å². The average molecular weight is 252 g/mol. The molecule has 16 heavy (non-hydrogen) atoms. The summed E-state index contributed by atoms with van der Waals surface area (Å²) in [6, 6.07) is 12.5. The van der Waals surface area contributed by atoms with E-state index in [0.29, 0.717) is 15.8 Å². The van der Waals surface area contributed by atoms with Gasteiger partial charge in [-0.2, -0.15) is 0 Å². The summed E-state index contributed by atoms with van der Waals surface area (Å²) in [5, 5.41) is 1.10. The maximum atomic E-state index is 5.87. The molecule has 3 heteroatoms. The van der Waals surface area contributed by atoms with Crippen molar-refractivity contribution in [1.29, 1.82) is 0 Å². The molecule has 0 atom stereocenters. The minimum atomic E-state index is 0.552. The van der Waals surface area contributed by atoms with Crippen LogP contribution >= 0.6 is 23.2 Å². The van der Waals surface area contributed by atoms with Crippen molar-refractivity contribution in [3.63, 3.8) is 0 Å². The van der Waals surface area contributed by atoms with E-state index in [9.17, 15) is 0 Å². The van der Waals surface area contributed by atoms with Crippen LogP contribution in [0, 0.1) is 6.92 Å². The Morgan fingerprint density at radius 2 is 1.38 bits per heavy atom. The van der Waals surface area contributed by atoms with Gasteiger partial charge >= 0.3 is 0 Å². The van der Waals surface area contributed by atoms with Crippen molar-refractivity contribution in [2.75, 3.05) is 0 Å². The van der Waals surface area contributed by atoms with Crippen LogP contribution in [0.4, 0.5) is 0 Å². The Kier molecular flexibility index (Phi) is 3.37. The van der Waals surface area contributed by atoms with E-state index in [0.717, 1.165) is 11.3 Å². The third-order valence-corrected chi connectivity index (χ3v) is 2.43. The van der Waals surface area contributed by atoms with E-state index < -0.39 is 0 Å². The number of ether oxygens (including phenoxy) is 1. The molecule has 0 saturated carbocycles. The zero-order chi connectivity index (χ0) is 11.5. The zero-order valence-electron chi connectivity index (χ0n) is 8.41. The maximum absolute atomic E-state index is 5.87. The molecule has 0 heterocycles. The number of rotatable bonds is 2. The molecule has 81 valence electrons. The molecule has 1 nitrogen and oxygen atoms in total. The van der Waals surface area contributed by atoms with Crippen molar-refractivity contribution in [2.45, 2.75) is 0 Å². The van der Waals surface area contributed by atoms with Gasteiger partial charge in [-0.25, -0.2) is 0 Å². The van der Waals surface area contributed by atoms with Crippen LogP contribution < -0.4 is 4.74 Å². The molecular weight excluding hydrogens is 243 g/mol. The summed E-state index contributed by atoms with van der Waals surface area (Å²) in [6.45, 7) is 3.80. The average Bonchev–Trinajstić information content (AvgIpc) is 2.20. The van der Waals surface area contributed by atoms with Crippen LogP contribution in [0.2, 0.25) is 10.0 Å². The topological polar surface area (TPSA) is 9.23 Å². The Balaban J connectivity index is 2.23. The molecule has 0 unspecified atom stereocenters. The molecular formula is C13H9Cl2O. The lowest BCUT2D eigenvalue weighted by Gasteiger charge is -2.06. The minimum Gasteiger partial charge on any atom is -0.457 e. The molecule has 0 saturated heterocycles. The number of hydrogen-bond donors (Lipinski definition) is 0. The van der Waals surface area contributed by atoms with Crippen LogP contribution in [0.3, 0.4) is 0 Å². The van der Waals surface area contributed by atoms with Crippen molar-refractivity contribution < 1.29 is 4.74 Å². The first-order valence-corrected chi connectivity index (χ1v) is 5.45. The predicted molar refractivity (Wildman–Crippen MR) is 67.4 cm³/mol. The van der Waals surface area contributed by atoms with Gasteiger partial charge in [-0.05, 0) is 42.8 Å². The van der Waals surface area contributed by atoms with Gasteiger partial charge in [-0.1, -0.05) is 35.3 Å². The highest BCUT2D eigenvalue weighted by atomic mass is 35.5. The van der Waals surface area contributed by atoms with Crippen LogP contribution in [0.15, 0.2) is 42.5 Å². The predicted octanol–water partition coefficient (Wildman–Crippen LogP) is 4.97. The van der Waals surface area contributed by atoms with Gasteiger partial charge in [0, 0.05) is 10.0 Å². The second kappa shape index (κ2) is 4.77. The summed E-state index contributed by atoms with van der Waals surface area (Å²) < 4.78 is 5.60. The molecule has 0 amide bonds. The fourth-order valence-corrected chi connectivity index (χ4v) is 1.79. The summed E-state index contributed by atoms with van der Waals surface area (Å²) in [4.78, 5) is 0. The molecule has 0 aliphatic rings. The van der Waals surface area contributed by atoms with E-state index in [1.807, 2.05) is 24.3 Å². The molecule has 0 aliphatic heterocycles. The van der Waals surface area contributed by atoms with Crippen molar-refractivity contribution in [3.8, 4) is 11.5 Å². The second-order valence-corrected chi connectivity index (χ2v) is 4.22. The highest BCUT2D eigenvalue weighted by molar-refractivity contribution is 6.34. The Labute approximate surface area is 105 Å². The first-order valence-electron chi connectivity index (χ1n) is 4.69. The monoisotopic (exact) mass is 251 g/mol. The lowest BCUT2D eigenvalue weighted by molar-refractivity contribution is 0.482. The summed E-state index contributed by atoms with van der Waals surface area (Å²) in [5.74, 6) is 1.35. The van der Waals surface area contributed by atoms with Gasteiger partial charge in [0.05, 0.1) is 0 Å². The first kappa shape index (κ1) is 11.3. The van der Waals surface area contributed by atoms with Gasteiger partial charge in [-0.15, -0.1) is 0 Å². The lowest BCUT2D eigenvalue weighted by Crippen LogP contribution is -1.84. The summed E-state index contributed by atoms with van der Waals surface area (Å²) in [5.41, 5.74) is 0.941. The molecule has 2 rings (SSSR count). The lowest BCUT2D eigenvalue weighted by atomic mass is 10.2. The van der Waals surface area contributed by atoms with Gasteiger partial charge in [0.15, 0.2) is 0 Å². The molecule has 0 aromatic heterocycles. The summed E-state index contributed by atoms with van der Waals surface area (Å²) in [7, 11) is 0. The number of benzene rings is 2. The van der Waals surface area contributed by atoms with Gasteiger partial charge in [0.25, 0.3) is 0 Å². The van der Waals surface area contributed by atoms with E-state index in [4.69, 9.17) is 27.9 Å². The smallest absolute Gasteiger partial charge is 0.130 e. The standard InChI is InChI=1S/C13H9Cl2O/c1-9-2-4-12(5-3-9)16-13-7-10(14)6-11(15)8-13/h2-8H,1H2. The van der Waals surface area contributed by atoms with E-state index >= 15 is 0 Å². The van der Waals surface area contributed by atoms with Crippen LogP contribution in [0.1, 0.15) is 5.56 Å². The normalized spacial score (nSPS) is 10.2. The fraction of sp³-hybridized carbons (Fsp3) is 0. The fourth-order valence-electron chi connectivity index (χ4n) is 1.28. The van der Waals surface area contributed by atoms with E-state index in [2.05, 4.69) is 6.92 Å². The third kappa shape index (κ3) is 2.91. The molecule has 0 N–H and O–H groups in total. The molecule has 1 radical (unpaired) electrons. The Hall–Kier alpha value is -1.18. The molecule has 0 aliphatic carbocycles. The molecule has 0 spiro atoms. The highest BCUT2D eigenvalue weighted by Gasteiger charge is 2.00. The third-order valence-electron chi connectivity index (χ3n) is 2.00. The largest absolute Gasteiger partial charge is 0.457 e. The quantitative estimate of drug-likeness (QED) is 0.733. The molecule has 0 bridgehead atoms. The minimum absolute atomic E-state index is 0.552. The van der Waals surface area contributed by atoms with Crippen molar-refractivity contribution >= 4 is 23.2 Å². The first-order chi connectivity index (χ1) is 7.63. The second-order valence-electron chi connectivity index (χ2n) is 3.35.